The van der Waals surface area contributed by atoms with Crippen LogP contribution in [0.3, 0.4) is 0 Å². The van der Waals surface area contributed by atoms with Crippen molar-refractivity contribution < 1.29 is 19.4 Å². The summed E-state index contributed by atoms with van der Waals surface area (Å²) in [6, 6.07) is 5.56. The van der Waals surface area contributed by atoms with E-state index in [9.17, 15) is 9.59 Å². The van der Waals surface area contributed by atoms with Gasteiger partial charge in [0.2, 0.25) is 0 Å². The van der Waals surface area contributed by atoms with Crippen LogP contribution in [0.25, 0.3) is 0 Å². The minimum Gasteiger partial charge on any atom is -0.481 e. The fourth-order valence-corrected chi connectivity index (χ4v) is 1.36. The van der Waals surface area contributed by atoms with Gasteiger partial charge in [0.1, 0.15) is 5.75 Å². The molecular formula is C12H15NO4. The van der Waals surface area contributed by atoms with Gasteiger partial charge < -0.3 is 15.2 Å². The summed E-state index contributed by atoms with van der Waals surface area (Å²) >= 11 is 0. The maximum absolute atomic E-state index is 11.4. The summed E-state index contributed by atoms with van der Waals surface area (Å²) in [5.41, 5.74) is 1.72. The summed E-state index contributed by atoms with van der Waals surface area (Å²) in [6.45, 7) is 3.73. The van der Waals surface area contributed by atoms with E-state index in [-0.39, 0.29) is 13.0 Å². The van der Waals surface area contributed by atoms with Crippen molar-refractivity contribution in [2.24, 2.45) is 0 Å². The molecule has 0 saturated carbocycles. The first kappa shape index (κ1) is 13.0. The van der Waals surface area contributed by atoms with Crippen molar-refractivity contribution in [3.8, 4) is 5.75 Å². The van der Waals surface area contributed by atoms with Crippen molar-refractivity contribution in [2.45, 2.75) is 20.3 Å². The van der Waals surface area contributed by atoms with E-state index in [2.05, 4.69) is 5.32 Å². The first-order valence-corrected chi connectivity index (χ1v) is 5.24. The summed E-state index contributed by atoms with van der Waals surface area (Å²) < 4.78 is 5.11. The van der Waals surface area contributed by atoms with Gasteiger partial charge in [-0.2, -0.15) is 0 Å². The lowest BCUT2D eigenvalue weighted by molar-refractivity contribution is -0.136. The number of benzene rings is 1. The molecule has 0 aromatic heterocycles. The molecule has 92 valence electrons. The quantitative estimate of drug-likeness (QED) is 0.838. The average Bonchev–Trinajstić information content (AvgIpc) is 2.23. The van der Waals surface area contributed by atoms with Crippen LogP contribution in [-0.4, -0.2) is 23.7 Å². The standard InChI is InChI=1S/C12H15NO4/c1-8-4-3-5-9(2)11(8)17-12(16)13-7-6-10(14)15/h3-5H,6-7H2,1-2H3,(H,13,16)(H,14,15). The highest BCUT2D eigenvalue weighted by Gasteiger charge is 2.09. The number of aliphatic carboxylic acids is 1. The molecule has 0 atom stereocenters. The van der Waals surface area contributed by atoms with Crippen LogP contribution in [0.2, 0.25) is 0 Å². The van der Waals surface area contributed by atoms with Gasteiger partial charge in [-0.15, -0.1) is 0 Å². The molecule has 0 aliphatic rings. The largest absolute Gasteiger partial charge is 0.481 e. The Bertz CT molecular complexity index is 408. The molecule has 0 fully saturated rings. The van der Waals surface area contributed by atoms with Crippen LogP contribution < -0.4 is 10.1 Å². The second-order valence-corrected chi connectivity index (χ2v) is 3.68. The summed E-state index contributed by atoms with van der Waals surface area (Å²) in [6.07, 6.45) is -0.759. The van der Waals surface area contributed by atoms with Crippen LogP contribution in [0.5, 0.6) is 5.75 Å². The van der Waals surface area contributed by atoms with Gasteiger partial charge in [-0.1, -0.05) is 18.2 Å². The first-order valence-electron chi connectivity index (χ1n) is 5.24. The minimum atomic E-state index is -0.961. The van der Waals surface area contributed by atoms with Crippen LogP contribution in [0.4, 0.5) is 4.79 Å². The second kappa shape index (κ2) is 5.89. The van der Waals surface area contributed by atoms with Gasteiger partial charge in [-0.25, -0.2) is 4.79 Å². The molecule has 0 saturated heterocycles. The number of nitrogens with one attached hydrogen (secondary N) is 1. The third-order valence-corrected chi connectivity index (χ3v) is 2.21. The molecule has 1 amide bonds. The van der Waals surface area contributed by atoms with Crippen LogP contribution >= 0.6 is 0 Å². The van der Waals surface area contributed by atoms with Crippen LogP contribution in [0, 0.1) is 13.8 Å². The van der Waals surface area contributed by atoms with Crippen molar-refractivity contribution in [1.82, 2.24) is 5.32 Å². The van der Waals surface area contributed by atoms with E-state index in [1.54, 1.807) is 0 Å². The van der Waals surface area contributed by atoms with E-state index >= 15 is 0 Å². The molecule has 0 unspecified atom stereocenters. The molecule has 1 aromatic rings. The number of rotatable bonds is 4. The van der Waals surface area contributed by atoms with E-state index in [1.165, 1.54) is 0 Å². The normalized spacial score (nSPS) is 9.76. The Hall–Kier alpha value is -2.04. The van der Waals surface area contributed by atoms with Gasteiger partial charge in [0.05, 0.1) is 6.42 Å². The van der Waals surface area contributed by atoms with Crippen molar-refractivity contribution in [3.63, 3.8) is 0 Å². The van der Waals surface area contributed by atoms with Gasteiger partial charge >= 0.3 is 12.1 Å². The van der Waals surface area contributed by atoms with Crippen molar-refractivity contribution >= 4 is 12.1 Å². The second-order valence-electron chi connectivity index (χ2n) is 3.68. The number of ether oxygens (including phenoxy) is 1. The summed E-state index contributed by atoms with van der Waals surface area (Å²) in [4.78, 5) is 21.6. The number of aryl methyl sites for hydroxylation is 2. The Morgan fingerprint density at radius 1 is 1.29 bits per heavy atom. The lowest BCUT2D eigenvalue weighted by atomic mass is 10.1. The number of hydrogen-bond acceptors (Lipinski definition) is 3. The molecule has 5 nitrogen and oxygen atoms in total. The summed E-state index contributed by atoms with van der Waals surface area (Å²) in [7, 11) is 0. The van der Waals surface area contributed by atoms with Crippen molar-refractivity contribution in [1.29, 1.82) is 0 Å². The van der Waals surface area contributed by atoms with E-state index in [0.717, 1.165) is 11.1 Å². The third-order valence-electron chi connectivity index (χ3n) is 2.21. The molecule has 0 aliphatic heterocycles. The average molecular weight is 237 g/mol. The van der Waals surface area contributed by atoms with Gasteiger partial charge in [0.15, 0.2) is 0 Å². The lowest BCUT2D eigenvalue weighted by Gasteiger charge is -2.10. The number of carboxylic acid groups (broad SMARTS) is 1. The Morgan fingerprint density at radius 2 is 1.88 bits per heavy atom. The molecule has 0 heterocycles. The molecule has 2 N–H and O–H groups in total. The van der Waals surface area contributed by atoms with E-state index in [4.69, 9.17) is 9.84 Å². The number of para-hydroxylation sites is 1. The Kier molecular flexibility index (Phi) is 4.51. The molecular weight excluding hydrogens is 222 g/mol. The number of carboxylic acids is 1. The monoisotopic (exact) mass is 237 g/mol. The fourth-order valence-electron chi connectivity index (χ4n) is 1.36. The smallest absolute Gasteiger partial charge is 0.412 e. The SMILES string of the molecule is Cc1cccc(C)c1OC(=O)NCCC(=O)O. The predicted octanol–water partition coefficient (Wildman–Crippen LogP) is 1.87. The van der Waals surface area contributed by atoms with Crippen LogP contribution in [0.15, 0.2) is 18.2 Å². The zero-order chi connectivity index (χ0) is 12.8. The zero-order valence-corrected chi connectivity index (χ0v) is 9.82. The number of hydrogen-bond donors (Lipinski definition) is 2. The van der Waals surface area contributed by atoms with Gasteiger partial charge in [-0.3, -0.25) is 4.79 Å². The maximum Gasteiger partial charge on any atom is 0.412 e. The molecule has 0 bridgehead atoms. The molecule has 1 rings (SSSR count). The number of carbonyl (C=O) groups excluding carboxylic acids is 1. The van der Waals surface area contributed by atoms with Crippen LogP contribution in [0.1, 0.15) is 17.5 Å². The molecule has 0 aliphatic carbocycles. The zero-order valence-electron chi connectivity index (χ0n) is 9.82. The maximum atomic E-state index is 11.4. The number of amides is 1. The lowest BCUT2D eigenvalue weighted by Crippen LogP contribution is -2.29. The van der Waals surface area contributed by atoms with Gasteiger partial charge in [0, 0.05) is 6.54 Å². The van der Waals surface area contributed by atoms with Crippen molar-refractivity contribution in [3.05, 3.63) is 29.3 Å². The first-order chi connectivity index (χ1) is 8.00. The summed E-state index contributed by atoms with van der Waals surface area (Å²) in [5, 5.41) is 10.8. The van der Waals surface area contributed by atoms with Gasteiger partial charge in [-0.05, 0) is 25.0 Å². The highest BCUT2D eigenvalue weighted by molar-refractivity contribution is 5.72. The molecule has 17 heavy (non-hydrogen) atoms. The fraction of sp³-hybridized carbons (Fsp3) is 0.333. The molecule has 5 heteroatoms. The number of carbonyl (C=O) groups is 2. The Balaban J connectivity index is 2.53. The third kappa shape index (κ3) is 4.14. The molecule has 1 aromatic carbocycles. The van der Waals surface area contributed by atoms with E-state index in [1.807, 2.05) is 32.0 Å². The highest BCUT2D eigenvalue weighted by atomic mass is 16.6. The predicted molar refractivity (Wildman–Crippen MR) is 62.2 cm³/mol. The molecule has 0 spiro atoms. The van der Waals surface area contributed by atoms with E-state index < -0.39 is 12.1 Å². The minimum absolute atomic E-state index is 0.0547. The topological polar surface area (TPSA) is 75.6 Å². The Labute approximate surface area is 99.4 Å². The van der Waals surface area contributed by atoms with Crippen LogP contribution in [-0.2, 0) is 4.79 Å². The highest BCUT2D eigenvalue weighted by Crippen LogP contribution is 2.22. The molecule has 0 radical (unpaired) electrons. The summed E-state index contributed by atoms with van der Waals surface area (Å²) in [5.74, 6) is -0.447. The van der Waals surface area contributed by atoms with Gasteiger partial charge in [0.25, 0.3) is 0 Å². The van der Waals surface area contributed by atoms with E-state index in [0.29, 0.717) is 5.75 Å². The Morgan fingerprint density at radius 3 is 2.41 bits per heavy atom. The van der Waals surface area contributed by atoms with Crippen molar-refractivity contribution in [2.75, 3.05) is 6.54 Å².